The van der Waals surface area contributed by atoms with Gasteiger partial charge >= 0.3 is 0 Å². The second kappa shape index (κ2) is 11.0. The molecule has 0 atom stereocenters. The van der Waals surface area contributed by atoms with Crippen molar-refractivity contribution < 1.29 is 0 Å². The molecule has 10 aromatic rings. The molecule has 0 aliphatic heterocycles. The van der Waals surface area contributed by atoms with Crippen molar-refractivity contribution in [2.75, 3.05) is 0 Å². The molecule has 3 heterocycles. The van der Waals surface area contributed by atoms with Crippen LogP contribution in [0.15, 0.2) is 164 Å². The number of aromatic nitrogens is 4. The number of para-hydroxylation sites is 4. The minimum Gasteiger partial charge on any atom is -0.309 e. The third-order valence-electron chi connectivity index (χ3n) is 9.79. The lowest BCUT2D eigenvalue weighted by atomic mass is 9.98. The molecule has 3 aromatic heterocycles. The number of nitriles is 1. The van der Waals surface area contributed by atoms with Crippen LogP contribution >= 0.6 is 0 Å². The van der Waals surface area contributed by atoms with Crippen LogP contribution in [0.4, 0.5) is 0 Å². The monoisotopic (exact) mass is 637 g/mol. The lowest BCUT2D eigenvalue weighted by Crippen LogP contribution is -1.97. The summed E-state index contributed by atoms with van der Waals surface area (Å²) >= 11 is 0. The van der Waals surface area contributed by atoms with Crippen molar-refractivity contribution in [2.45, 2.75) is 0 Å². The molecule has 10 rings (SSSR count). The van der Waals surface area contributed by atoms with E-state index in [-0.39, 0.29) is 0 Å². The average Bonchev–Trinajstić information content (AvgIpc) is 3.70. The van der Waals surface area contributed by atoms with Crippen molar-refractivity contribution in [1.82, 2.24) is 19.1 Å². The molecule has 0 bridgehead atoms. The maximum absolute atomic E-state index is 9.79. The van der Waals surface area contributed by atoms with Gasteiger partial charge in [-0.1, -0.05) is 91.0 Å². The highest BCUT2D eigenvalue weighted by molar-refractivity contribution is 6.17. The predicted molar refractivity (Wildman–Crippen MR) is 204 cm³/mol. The minimum atomic E-state index is 0.381. The van der Waals surface area contributed by atoms with Crippen LogP contribution in [0.5, 0.6) is 0 Å². The number of hydrogen-bond acceptors (Lipinski definition) is 3. The van der Waals surface area contributed by atoms with Crippen molar-refractivity contribution in [3.63, 3.8) is 0 Å². The molecule has 5 nitrogen and oxygen atoms in total. The zero-order valence-electron chi connectivity index (χ0n) is 26.8. The normalized spacial score (nSPS) is 11.6. The van der Waals surface area contributed by atoms with Crippen LogP contribution in [-0.2, 0) is 0 Å². The fourth-order valence-electron chi connectivity index (χ4n) is 7.58. The molecule has 7 aromatic carbocycles. The highest BCUT2D eigenvalue weighted by Crippen LogP contribution is 2.41. The van der Waals surface area contributed by atoms with Crippen molar-refractivity contribution in [1.29, 1.82) is 5.26 Å². The molecule has 0 unspecified atom stereocenters. The molecule has 0 saturated heterocycles. The van der Waals surface area contributed by atoms with E-state index < -0.39 is 0 Å². The van der Waals surface area contributed by atoms with Gasteiger partial charge in [-0.05, 0) is 83.9 Å². The SMILES string of the molecule is N#Cc1nc(-c2ccc(-n3c4ccccc4c4c(-c5ccc6c7ccccc7n(-c7ccccc7)c6c5)cccc43)cc2)nc2ccccc12. The maximum Gasteiger partial charge on any atom is 0.161 e. The first-order valence-corrected chi connectivity index (χ1v) is 16.7. The molecule has 50 heavy (non-hydrogen) atoms. The number of benzene rings is 7. The number of nitrogens with zero attached hydrogens (tertiary/aromatic N) is 5. The molecule has 0 aliphatic rings. The van der Waals surface area contributed by atoms with Crippen LogP contribution in [0.25, 0.3) is 88.4 Å². The van der Waals surface area contributed by atoms with E-state index in [0.29, 0.717) is 11.5 Å². The molecule has 0 fully saturated rings. The highest BCUT2D eigenvalue weighted by atomic mass is 15.0. The Balaban J connectivity index is 1.15. The van der Waals surface area contributed by atoms with E-state index >= 15 is 0 Å². The van der Waals surface area contributed by atoms with Crippen molar-refractivity contribution in [3.05, 3.63) is 169 Å². The summed E-state index contributed by atoms with van der Waals surface area (Å²) in [7, 11) is 0. The first kappa shape index (κ1) is 28.0. The van der Waals surface area contributed by atoms with Gasteiger partial charge in [-0.25, -0.2) is 9.97 Å². The lowest BCUT2D eigenvalue weighted by molar-refractivity contribution is 1.17. The Morgan fingerprint density at radius 3 is 1.84 bits per heavy atom. The standard InChI is InChI=1S/C45H27N5/c46-28-39-36-14-4-7-17-38(36)47-45(48-39)29-21-24-32(25-22-29)49-41-19-9-6-15-37(41)44-33(16-10-20-42(44)49)30-23-26-35-34-13-5-8-18-40(34)50(43(35)27-30)31-11-2-1-3-12-31/h1-27H. The smallest absolute Gasteiger partial charge is 0.161 e. The summed E-state index contributed by atoms with van der Waals surface area (Å²) in [5.74, 6) is 0.541. The summed E-state index contributed by atoms with van der Waals surface area (Å²) in [4.78, 5) is 9.39. The van der Waals surface area contributed by atoms with E-state index in [0.717, 1.165) is 38.9 Å². The van der Waals surface area contributed by atoms with Gasteiger partial charge in [0.15, 0.2) is 11.5 Å². The Morgan fingerprint density at radius 2 is 1.04 bits per heavy atom. The Bertz CT molecular complexity index is 2980. The number of fused-ring (bicyclic) bond motifs is 7. The summed E-state index contributed by atoms with van der Waals surface area (Å²) in [6.45, 7) is 0. The summed E-state index contributed by atoms with van der Waals surface area (Å²) in [5.41, 5.74) is 11.2. The van der Waals surface area contributed by atoms with Gasteiger partial charge < -0.3 is 9.13 Å². The third-order valence-corrected chi connectivity index (χ3v) is 9.79. The predicted octanol–water partition coefficient (Wildman–Crippen LogP) is 11.0. The second-order valence-corrected chi connectivity index (χ2v) is 12.5. The van der Waals surface area contributed by atoms with E-state index in [4.69, 9.17) is 4.98 Å². The van der Waals surface area contributed by atoms with Crippen LogP contribution in [0, 0.1) is 11.3 Å². The first-order chi connectivity index (χ1) is 24.8. The summed E-state index contributed by atoms with van der Waals surface area (Å²) in [6.07, 6.45) is 0. The van der Waals surface area contributed by atoms with Gasteiger partial charge in [-0.2, -0.15) is 5.26 Å². The molecule has 0 spiro atoms. The molecule has 5 heteroatoms. The van der Waals surface area contributed by atoms with Crippen LogP contribution in [-0.4, -0.2) is 19.1 Å². The third kappa shape index (κ3) is 4.19. The van der Waals surface area contributed by atoms with Gasteiger partial charge in [-0.3, -0.25) is 0 Å². The molecule has 0 amide bonds. The largest absolute Gasteiger partial charge is 0.309 e. The minimum absolute atomic E-state index is 0.381. The Morgan fingerprint density at radius 1 is 0.440 bits per heavy atom. The summed E-state index contributed by atoms with van der Waals surface area (Å²) in [5, 5.41) is 15.4. The van der Waals surface area contributed by atoms with E-state index in [1.807, 2.05) is 36.4 Å². The summed E-state index contributed by atoms with van der Waals surface area (Å²) in [6, 6.07) is 59.6. The first-order valence-electron chi connectivity index (χ1n) is 16.7. The van der Waals surface area contributed by atoms with E-state index in [1.165, 1.54) is 43.7 Å². The Kier molecular flexibility index (Phi) is 6.17. The zero-order chi connectivity index (χ0) is 33.2. The van der Waals surface area contributed by atoms with Gasteiger partial charge in [0, 0.05) is 43.9 Å². The number of rotatable bonds is 4. The molecule has 232 valence electrons. The molecular formula is C45H27N5. The quantitative estimate of drug-likeness (QED) is 0.193. The maximum atomic E-state index is 9.79. The van der Waals surface area contributed by atoms with Crippen molar-refractivity contribution in [2.24, 2.45) is 0 Å². The van der Waals surface area contributed by atoms with Crippen molar-refractivity contribution in [3.8, 4) is 40.0 Å². The van der Waals surface area contributed by atoms with E-state index in [1.54, 1.807) is 0 Å². The van der Waals surface area contributed by atoms with E-state index in [9.17, 15) is 5.26 Å². The van der Waals surface area contributed by atoms with Gasteiger partial charge in [0.1, 0.15) is 6.07 Å². The molecule has 0 radical (unpaired) electrons. The fourth-order valence-corrected chi connectivity index (χ4v) is 7.58. The molecule has 0 aliphatic carbocycles. The van der Waals surface area contributed by atoms with Gasteiger partial charge in [0.05, 0.1) is 27.6 Å². The molecular weight excluding hydrogens is 611 g/mol. The molecule has 0 N–H and O–H groups in total. The Labute approximate surface area is 287 Å². The second-order valence-electron chi connectivity index (χ2n) is 12.5. The topological polar surface area (TPSA) is 59.4 Å². The summed E-state index contributed by atoms with van der Waals surface area (Å²) < 4.78 is 4.71. The Hall–Kier alpha value is -7.03. The fraction of sp³-hybridized carbons (Fsp3) is 0. The van der Waals surface area contributed by atoms with Gasteiger partial charge in [-0.15, -0.1) is 0 Å². The highest BCUT2D eigenvalue weighted by Gasteiger charge is 2.18. The average molecular weight is 638 g/mol. The lowest BCUT2D eigenvalue weighted by Gasteiger charge is -2.11. The molecule has 0 saturated carbocycles. The van der Waals surface area contributed by atoms with Crippen LogP contribution < -0.4 is 0 Å². The number of hydrogen-bond donors (Lipinski definition) is 0. The van der Waals surface area contributed by atoms with Gasteiger partial charge in [0.25, 0.3) is 0 Å². The van der Waals surface area contributed by atoms with Crippen LogP contribution in [0.3, 0.4) is 0 Å². The van der Waals surface area contributed by atoms with Crippen LogP contribution in [0.1, 0.15) is 5.69 Å². The van der Waals surface area contributed by atoms with Crippen molar-refractivity contribution >= 4 is 54.5 Å². The van der Waals surface area contributed by atoms with E-state index in [2.05, 4.69) is 148 Å². The van der Waals surface area contributed by atoms with Crippen LogP contribution in [0.2, 0.25) is 0 Å². The zero-order valence-corrected chi connectivity index (χ0v) is 26.8. The van der Waals surface area contributed by atoms with Gasteiger partial charge in [0.2, 0.25) is 0 Å².